The third-order valence-corrected chi connectivity index (χ3v) is 4.99. The predicted molar refractivity (Wildman–Crippen MR) is 102 cm³/mol. The number of hydrogen-bond acceptors (Lipinski definition) is 4. The average molecular weight is 345 g/mol. The first-order chi connectivity index (χ1) is 12.2. The zero-order chi connectivity index (χ0) is 17.2. The molecule has 2 aromatic carbocycles. The summed E-state index contributed by atoms with van der Waals surface area (Å²) in [5.74, 6) is -0.0555. The lowest BCUT2D eigenvalue weighted by Crippen LogP contribution is -2.05. The number of nitrogens with zero attached hydrogens (tertiary/aromatic N) is 1. The summed E-state index contributed by atoms with van der Waals surface area (Å²) in [6.07, 6.45) is 1.79. The van der Waals surface area contributed by atoms with Crippen molar-refractivity contribution < 1.29 is 9.53 Å². The number of esters is 1. The van der Waals surface area contributed by atoms with E-state index in [1.807, 2.05) is 60.8 Å². The maximum absolute atomic E-state index is 12.1. The second kappa shape index (κ2) is 6.49. The third-order valence-electron chi connectivity index (χ3n) is 4.03. The Balaban J connectivity index is 1.62. The van der Waals surface area contributed by atoms with Crippen molar-refractivity contribution in [3.63, 3.8) is 0 Å². The van der Waals surface area contributed by atoms with Crippen LogP contribution in [0.1, 0.15) is 16.0 Å². The van der Waals surface area contributed by atoms with Crippen molar-refractivity contribution >= 4 is 29.3 Å². The lowest BCUT2D eigenvalue weighted by atomic mass is 10.0. The van der Waals surface area contributed by atoms with Crippen molar-refractivity contribution in [2.45, 2.75) is 6.92 Å². The Morgan fingerprint density at radius 2 is 1.60 bits per heavy atom. The van der Waals surface area contributed by atoms with Gasteiger partial charge in [-0.3, -0.25) is 0 Å². The number of benzene rings is 2. The van der Waals surface area contributed by atoms with E-state index in [0.29, 0.717) is 11.6 Å². The molecule has 122 valence electrons. The van der Waals surface area contributed by atoms with Gasteiger partial charge in [-0.15, -0.1) is 11.3 Å². The average Bonchev–Trinajstić information content (AvgIpc) is 3.22. The smallest absolute Gasteiger partial charge is 0.363 e. The molecule has 0 radical (unpaired) electrons. The van der Waals surface area contributed by atoms with Gasteiger partial charge in [0.15, 0.2) is 5.70 Å². The molecular formula is C21H15NO2S. The molecule has 1 aliphatic heterocycles. The number of aryl methyl sites for hydroxylation is 1. The highest BCUT2D eigenvalue weighted by molar-refractivity contribution is 7.11. The van der Waals surface area contributed by atoms with Gasteiger partial charge in [0.2, 0.25) is 5.90 Å². The minimum atomic E-state index is -0.407. The van der Waals surface area contributed by atoms with E-state index in [4.69, 9.17) is 4.74 Å². The van der Waals surface area contributed by atoms with E-state index in [-0.39, 0.29) is 0 Å². The molecule has 2 heterocycles. The first kappa shape index (κ1) is 15.5. The molecule has 0 amide bonds. The van der Waals surface area contributed by atoms with Gasteiger partial charge in [0.05, 0.1) is 0 Å². The van der Waals surface area contributed by atoms with Gasteiger partial charge in [-0.1, -0.05) is 42.5 Å². The minimum absolute atomic E-state index is 0.340. The molecule has 0 spiro atoms. The van der Waals surface area contributed by atoms with Gasteiger partial charge < -0.3 is 4.74 Å². The summed E-state index contributed by atoms with van der Waals surface area (Å²) >= 11 is 1.58. The van der Waals surface area contributed by atoms with Gasteiger partial charge in [0.25, 0.3) is 0 Å². The Labute approximate surface area is 149 Å². The summed E-state index contributed by atoms with van der Waals surface area (Å²) < 4.78 is 5.34. The highest BCUT2D eigenvalue weighted by Gasteiger charge is 2.24. The summed E-state index contributed by atoms with van der Waals surface area (Å²) in [5.41, 5.74) is 4.51. The van der Waals surface area contributed by atoms with Gasteiger partial charge in [0, 0.05) is 10.4 Å². The molecule has 0 aliphatic carbocycles. The van der Waals surface area contributed by atoms with Gasteiger partial charge in [0.1, 0.15) is 0 Å². The van der Waals surface area contributed by atoms with Crippen molar-refractivity contribution in [2.75, 3.05) is 0 Å². The van der Waals surface area contributed by atoms with Crippen LogP contribution in [-0.4, -0.2) is 11.9 Å². The molecule has 25 heavy (non-hydrogen) atoms. The van der Waals surface area contributed by atoms with Crippen LogP contribution < -0.4 is 0 Å². The molecule has 3 aromatic rings. The van der Waals surface area contributed by atoms with E-state index >= 15 is 0 Å². The molecule has 1 aromatic heterocycles. The maximum Gasteiger partial charge on any atom is 0.363 e. The van der Waals surface area contributed by atoms with E-state index < -0.39 is 5.97 Å². The van der Waals surface area contributed by atoms with E-state index in [9.17, 15) is 4.79 Å². The number of carbonyl (C=O) groups is 1. The molecule has 4 heteroatoms. The first-order valence-corrected chi connectivity index (χ1v) is 8.81. The normalized spacial score (nSPS) is 15.3. The largest absolute Gasteiger partial charge is 0.402 e. The Morgan fingerprint density at radius 3 is 2.28 bits per heavy atom. The second-order valence-electron chi connectivity index (χ2n) is 5.75. The quantitative estimate of drug-likeness (QED) is 0.491. The van der Waals surface area contributed by atoms with Crippen molar-refractivity contribution in [3.8, 4) is 11.1 Å². The Morgan fingerprint density at radius 1 is 0.920 bits per heavy atom. The predicted octanol–water partition coefficient (Wildman–Crippen LogP) is 5.07. The minimum Gasteiger partial charge on any atom is -0.402 e. The van der Waals surface area contributed by atoms with Gasteiger partial charge in [-0.05, 0) is 53.3 Å². The number of rotatable bonds is 3. The van der Waals surface area contributed by atoms with Crippen molar-refractivity contribution in [1.82, 2.24) is 0 Å². The number of hydrogen-bond donors (Lipinski definition) is 0. The summed E-state index contributed by atoms with van der Waals surface area (Å²) in [4.78, 5) is 17.5. The van der Waals surface area contributed by atoms with Crippen LogP contribution >= 0.6 is 11.3 Å². The van der Waals surface area contributed by atoms with Crippen LogP contribution in [0.5, 0.6) is 0 Å². The maximum atomic E-state index is 12.1. The van der Waals surface area contributed by atoms with E-state index in [0.717, 1.165) is 27.1 Å². The number of ether oxygens (including phenoxy) is 1. The van der Waals surface area contributed by atoms with Crippen molar-refractivity contribution in [3.05, 3.63) is 87.7 Å². The summed E-state index contributed by atoms with van der Waals surface area (Å²) in [7, 11) is 0. The molecule has 1 aliphatic rings. The molecule has 4 rings (SSSR count). The molecule has 3 nitrogen and oxygen atoms in total. The standard InChI is InChI=1S/C21H15NO2S/c1-14-11-12-25-19(14)13-18-21(23)24-20(22-18)17-9-7-16(8-10-17)15-5-3-2-4-6-15/h2-13H,1H3. The van der Waals surface area contributed by atoms with E-state index in [2.05, 4.69) is 17.1 Å². The third kappa shape index (κ3) is 3.16. The molecule has 0 saturated carbocycles. The fraction of sp³-hybridized carbons (Fsp3) is 0.0476. The number of carbonyl (C=O) groups excluding carboxylic acids is 1. The zero-order valence-corrected chi connectivity index (χ0v) is 14.4. The van der Waals surface area contributed by atoms with Crippen LogP contribution in [0, 0.1) is 6.92 Å². The monoisotopic (exact) mass is 345 g/mol. The topological polar surface area (TPSA) is 38.7 Å². The highest BCUT2D eigenvalue weighted by atomic mass is 32.1. The molecule has 0 N–H and O–H groups in total. The molecule has 0 saturated heterocycles. The molecule has 0 fully saturated rings. The molecule has 0 atom stereocenters. The number of thiophene rings is 1. The van der Waals surface area contributed by atoms with E-state index in [1.54, 1.807) is 17.4 Å². The highest BCUT2D eigenvalue weighted by Crippen LogP contribution is 2.25. The number of cyclic esters (lactones) is 1. The van der Waals surface area contributed by atoms with Crippen LogP contribution in [0.3, 0.4) is 0 Å². The fourth-order valence-corrected chi connectivity index (χ4v) is 3.48. The van der Waals surface area contributed by atoms with Crippen molar-refractivity contribution in [1.29, 1.82) is 0 Å². The Hall–Kier alpha value is -2.98. The van der Waals surface area contributed by atoms with Gasteiger partial charge in [-0.2, -0.15) is 0 Å². The van der Waals surface area contributed by atoms with Gasteiger partial charge in [-0.25, -0.2) is 9.79 Å². The van der Waals surface area contributed by atoms with Crippen LogP contribution in [0.2, 0.25) is 0 Å². The summed E-state index contributed by atoms with van der Waals surface area (Å²) in [6, 6.07) is 20.0. The van der Waals surface area contributed by atoms with Crippen LogP contribution in [-0.2, 0) is 9.53 Å². The van der Waals surface area contributed by atoms with Gasteiger partial charge >= 0.3 is 5.97 Å². The summed E-state index contributed by atoms with van der Waals surface area (Å²) in [5, 5.41) is 1.99. The zero-order valence-electron chi connectivity index (χ0n) is 13.6. The van der Waals surface area contributed by atoms with Crippen LogP contribution in [0.25, 0.3) is 17.2 Å². The van der Waals surface area contributed by atoms with E-state index in [1.165, 1.54) is 0 Å². The first-order valence-electron chi connectivity index (χ1n) is 7.93. The van der Waals surface area contributed by atoms with Crippen LogP contribution in [0.15, 0.2) is 76.7 Å². The molecule has 0 bridgehead atoms. The lowest BCUT2D eigenvalue weighted by Gasteiger charge is -2.03. The Bertz CT molecular complexity index is 982. The summed E-state index contributed by atoms with van der Waals surface area (Å²) in [6.45, 7) is 2.01. The molecular weight excluding hydrogens is 330 g/mol. The lowest BCUT2D eigenvalue weighted by molar-refractivity contribution is -0.129. The number of aliphatic imine (C=N–C) groups is 1. The van der Waals surface area contributed by atoms with Crippen LogP contribution in [0.4, 0.5) is 0 Å². The second-order valence-corrected chi connectivity index (χ2v) is 6.69. The fourth-order valence-electron chi connectivity index (χ4n) is 2.62. The molecule has 0 unspecified atom stereocenters. The SMILES string of the molecule is Cc1ccsc1C=C1N=C(c2ccc(-c3ccccc3)cc2)OC1=O. The van der Waals surface area contributed by atoms with Crippen molar-refractivity contribution in [2.24, 2.45) is 4.99 Å². The Kier molecular flexibility index (Phi) is 4.04.